The summed E-state index contributed by atoms with van der Waals surface area (Å²) in [5.41, 5.74) is 0.211. The molecule has 2 aromatic rings. The molecule has 18 heteroatoms. The number of halogens is 4. The van der Waals surface area contributed by atoms with Crippen LogP contribution in [0.1, 0.15) is 49.9 Å². The number of amides is 1. The second kappa shape index (κ2) is 14.8. The van der Waals surface area contributed by atoms with Crippen LogP contribution < -0.4 is 19.1 Å². The Morgan fingerprint density at radius 3 is 2.46 bits per heavy atom. The minimum atomic E-state index is -4.64. The minimum Gasteiger partial charge on any atom is -0.451 e. The predicted molar refractivity (Wildman–Crippen MR) is 174 cm³/mol. The quantitative estimate of drug-likeness (QED) is 0.351. The summed E-state index contributed by atoms with van der Waals surface area (Å²) in [5.74, 6) is 0.301. The highest BCUT2D eigenvalue weighted by molar-refractivity contribution is 7.87. The second-order valence-corrected chi connectivity index (χ2v) is 15.4. The first kappa shape index (κ1) is 36.6. The molecule has 0 aliphatic carbocycles. The lowest BCUT2D eigenvalue weighted by molar-refractivity contribution is -0.121. The van der Waals surface area contributed by atoms with E-state index in [2.05, 4.69) is 24.5 Å². The molecule has 0 bridgehead atoms. The summed E-state index contributed by atoms with van der Waals surface area (Å²) in [6.45, 7) is 6.96. The highest BCUT2D eigenvalue weighted by Gasteiger charge is 2.46. The fourth-order valence-electron chi connectivity index (χ4n) is 7.25. The molecule has 1 aromatic heterocycles. The van der Waals surface area contributed by atoms with Gasteiger partial charge in [-0.3, -0.25) is 4.79 Å². The van der Waals surface area contributed by atoms with Gasteiger partial charge in [0.25, 0.3) is 16.1 Å². The summed E-state index contributed by atoms with van der Waals surface area (Å²) in [5, 5.41) is 0. The van der Waals surface area contributed by atoms with Crippen molar-refractivity contribution in [3.8, 4) is 11.5 Å². The average molecular weight is 730 g/mol. The van der Waals surface area contributed by atoms with E-state index in [-0.39, 0.29) is 47.4 Å². The highest BCUT2D eigenvalue weighted by Crippen LogP contribution is 2.45. The summed E-state index contributed by atoms with van der Waals surface area (Å²) in [6.07, 6.45) is 1.23. The molecule has 4 atom stereocenters. The van der Waals surface area contributed by atoms with Gasteiger partial charge in [0.05, 0.1) is 49.8 Å². The molecule has 50 heavy (non-hydrogen) atoms. The molecular weight excluding hydrogens is 686 g/mol. The Morgan fingerprint density at radius 2 is 1.80 bits per heavy atom. The van der Waals surface area contributed by atoms with Crippen LogP contribution in [0.25, 0.3) is 0 Å². The largest absolute Gasteiger partial charge is 0.451 e. The zero-order valence-electron chi connectivity index (χ0n) is 28.0. The summed E-state index contributed by atoms with van der Waals surface area (Å²) >= 11 is 0. The molecule has 1 aromatic carbocycles. The third kappa shape index (κ3) is 8.82. The van der Waals surface area contributed by atoms with Crippen molar-refractivity contribution in [3.63, 3.8) is 0 Å². The molecule has 4 aliphatic heterocycles. The van der Waals surface area contributed by atoms with Crippen molar-refractivity contribution in [2.75, 3.05) is 64.0 Å². The number of alkyl halides is 3. The van der Waals surface area contributed by atoms with E-state index < -0.39 is 34.8 Å². The Kier molecular flexibility index (Phi) is 10.9. The molecule has 0 radical (unpaired) electrons. The first-order valence-electron chi connectivity index (χ1n) is 16.8. The van der Waals surface area contributed by atoms with Gasteiger partial charge in [0.1, 0.15) is 24.4 Å². The lowest BCUT2D eigenvalue weighted by atomic mass is 9.72. The van der Waals surface area contributed by atoms with E-state index in [9.17, 15) is 30.8 Å². The smallest absolute Gasteiger partial charge is 0.402 e. The van der Waals surface area contributed by atoms with Gasteiger partial charge in [-0.15, -0.1) is 0 Å². The van der Waals surface area contributed by atoms with E-state index in [0.29, 0.717) is 44.2 Å². The molecule has 4 fully saturated rings. The van der Waals surface area contributed by atoms with Crippen LogP contribution >= 0.6 is 0 Å². The normalized spacial score (nSPS) is 26.1. The topological polar surface area (TPSA) is 138 Å². The Hall–Kier alpha value is -3.16. The molecule has 1 spiro atoms. The molecule has 13 nitrogen and oxygen atoms in total. The van der Waals surface area contributed by atoms with E-state index >= 15 is 0 Å². The molecule has 5 heterocycles. The Bertz CT molecular complexity index is 1600. The van der Waals surface area contributed by atoms with Gasteiger partial charge in [0, 0.05) is 31.1 Å². The summed E-state index contributed by atoms with van der Waals surface area (Å²) < 4.78 is 96.9. The number of nitrogens with one attached hydrogen (secondary N) is 2. The monoisotopic (exact) mass is 729 g/mol. The van der Waals surface area contributed by atoms with Crippen LogP contribution in [0, 0.1) is 11.2 Å². The molecule has 276 valence electrons. The summed E-state index contributed by atoms with van der Waals surface area (Å²) in [6, 6.07) is 2.95. The van der Waals surface area contributed by atoms with Gasteiger partial charge in [-0.2, -0.15) is 31.0 Å². The van der Waals surface area contributed by atoms with Crippen molar-refractivity contribution in [2.45, 2.75) is 69.9 Å². The first-order chi connectivity index (χ1) is 23.7. The molecule has 4 saturated heterocycles. The van der Waals surface area contributed by atoms with Crippen LogP contribution in [0.4, 0.5) is 23.4 Å². The van der Waals surface area contributed by atoms with Gasteiger partial charge in [-0.25, -0.2) is 14.4 Å². The maximum Gasteiger partial charge on any atom is 0.402 e. The molecular formula is C32H43F4N7O6S. The number of rotatable bonds is 10. The second-order valence-electron chi connectivity index (χ2n) is 13.8. The lowest BCUT2D eigenvalue weighted by Gasteiger charge is -2.54. The first-order valence-corrected chi connectivity index (χ1v) is 18.3. The number of hydrogen-bond acceptors (Lipinski definition) is 10. The SMILES string of the molecule is C[C@@H]1COC[C@H](C)N1C(=O)c1cc(F)ccc1Oc1cncnc1N1CC2(CCN(C[C@@H]3CC[C@@H](NS(=O)(=O)NCC(F)(F)F)CO3)CC2)C1. The molecule has 0 saturated carbocycles. The Labute approximate surface area is 288 Å². The summed E-state index contributed by atoms with van der Waals surface area (Å²) in [4.78, 5) is 28.5. The van der Waals surface area contributed by atoms with E-state index in [1.165, 1.54) is 29.2 Å². The maximum atomic E-state index is 14.4. The zero-order valence-corrected chi connectivity index (χ0v) is 28.8. The summed E-state index contributed by atoms with van der Waals surface area (Å²) in [7, 11) is -4.29. The van der Waals surface area contributed by atoms with Crippen LogP contribution in [0.3, 0.4) is 0 Å². The fourth-order valence-corrected chi connectivity index (χ4v) is 8.31. The van der Waals surface area contributed by atoms with Gasteiger partial charge in [0.2, 0.25) is 0 Å². The van der Waals surface area contributed by atoms with E-state index in [4.69, 9.17) is 14.2 Å². The number of ether oxygens (including phenoxy) is 3. The van der Waals surface area contributed by atoms with Gasteiger partial charge in [-0.05, 0) is 70.8 Å². The van der Waals surface area contributed by atoms with Crippen LogP contribution in [-0.4, -0.2) is 124 Å². The number of benzene rings is 1. The Balaban J connectivity index is 0.999. The van der Waals surface area contributed by atoms with Crippen molar-refractivity contribution in [1.29, 1.82) is 0 Å². The standard InChI is InChI=1S/C32H43F4N7O6S/c1-21-14-47-15-22(2)43(21)30(44)26-11-23(33)3-6-27(26)49-28-12-37-20-38-29(28)42-18-31(19-42)7-9-41(10-8-31)13-25-5-4-24(16-48-25)40-50(45,46)39-17-32(34,35)36/h3,6,11-12,20-22,24-25,39-40H,4-5,7-10,13-19H2,1-2H3/t21-,22+,24-,25+/m1/s1. The third-order valence-electron chi connectivity index (χ3n) is 9.84. The number of nitrogens with zero attached hydrogens (tertiary/aromatic N) is 5. The fraction of sp³-hybridized carbons (Fsp3) is 0.656. The molecule has 6 rings (SSSR count). The minimum absolute atomic E-state index is 0.0900. The number of morpholine rings is 1. The lowest BCUT2D eigenvalue weighted by Crippen LogP contribution is -2.61. The van der Waals surface area contributed by atoms with E-state index in [1.807, 2.05) is 13.8 Å². The molecule has 1 amide bonds. The van der Waals surface area contributed by atoms with E-state index in [0.717, 1.165) is 39.0 Å². The van der Waals surface area contributed by atoms with Gasteiger partial charge < -0.3 is 28.9 Å². The van der Waals surface area contributed by atoms with Crippen molar-refractivity contribution in [3.05, 3.63) is 42.1 Å². The van der Waals surface area contributed by atoms with Gasteiger partial charge >= 0.3 is 6.18 Å². The van der Waals surface area contributed by atoms with Crippen LogP contribution in [0.5, 0.6) is 11.5 Å². The van der Waals surface area contributed by atoms with Crippen molar-refractivity contribution < 1.29 is 45.0 Å². The van der Waals surface area contributed by atoms with Gasteiger partial charge in [0.15, 0.2) is 11.6 Å². The highest BCUT2D eigenvalue weighted by atomic mass is 32.2. The third-order valence-corrected chi connectivity index (χ3v) is 11.0. The number of piperidine rings is 1. The van der Waals surface area contributed by atoms with Crippen molar-refractivity contribution >= 4 is 21.9 Å². The van der Waals surface area contributed by atoms with Crippen LogP contribution in [0.15, 0.2) is 30.7 Å². The zero-order chi connectivity index (χ0) is 35.7. The predicted octanol–water partition coefficient (Wildman–Crippen LogP) is 3.09. The van der Waals surface area contributed by atoms with Crippen molar-refractivity contribution in [1.82, 2.24) is 29.2 Å². The number of carbonyl (C=O) groups excluding carboxylic acids is 1. The number of aromatic nitrogens is 2. The van der Waals surface area contributed by atoms with Gasteiger partial charge in [-0.1, -0.05) is 0 Å². The number of hydrogen-bond donors (Lipinski definition) is 2. The maximum absolute atomic E-state index is 14.4. The average Bonchev–Trinajstić information content (AvgIpc) is 3.05. The Morgan fingerprint density at radius 1 is 1.08 bits per heavy atom. The molecule has 2 N–H and O–H groups in total. The number of likely N-dealkylation sites (tertiary alicyclic amines) is 1. The van der Waals surface area contributed by atoms with Crippen LogP contribution in [-0.2, 0) is 19.7 Å². The number of carbonyl (C=O) groups is 1. The van der Waals surface area contributed by atoms with Crippen molar-refractivity contribution in [2.24, 2.45) is 5.41 Å². The molecule has 4 aliphatic rings. The number of anilines is 1. The molecule has 0 unspecified atom stereocenters. The van der Waals surface area contributed by atoms with E-state index in [1.54, 1.807) is 11.1 Å². The van der Waals surface area contributed by atoms with Crippen LogP contribution in [0.2, 0.25) is 0 Å².